The highest BCUT2D eigenvalue weighted by molar-refractivity contribution is 5.43. The van der Waals surface area contributed by atoms with Crippen molar-refractivity contribution in [3.05, 3.63) is 23.4 Å². The fourth-order valence-electron chi connectivity index (χ4n) is 2.08. The second-order valence-electron chi connectivity index (χ2n) is 4.22. The second-order valence-corrected chi connectivity index (χ2v) is 4.22. The maximum absolute atomic E-state index is 5.63. The molecule has 0 bridgehead atoms. The van der Waals surface area contributed by atoms with E-state index in [2.05, 4.69) is 22.9 Å². The van der Waals surface area contributed by atoms with Crippen molar-refractivity contribution >= 4 is 5.82 Å². The molecule has 3 heteroatoms. The number of hydrogen-bond acceptors (Lipinski definition) is 3. The number of hydrogen-bond donors (Lipinski definition) is 1. The average molecular weight is 205 g/mol. The monoisotopic (exact) mass is 205 g/mol. The van der Waals surface area contributed by atoms with Gasteiger partial charge in [-0.15, -0.1) is 0 Å². The van der Waals surface area contributed by atoms with Crippen molar-refractivity contribution in [1.29, 1.82) is 0 Å². The number of aromatic nitrogens is 1. The summed E-state index contributed by atoms with van der Waals surface area (Å²) >= 11 is 0. The summed E-state index contributed by atoms with van der Waals surface area (Å²) in [5.74, 6) is 1.12. The Morgan fingerprint density at radius 3 is 2.67 bits per heavy atom. The zero-order valence-electron chi connectivity index (χ0n) is 9.37. The summed E-state index contributed by atoms with van der Waals surface area (Å²) in [7, 11) is 0. The third kappa shape index (κ3) is 2.29. The van der Waals surface area contributed by atoms with Gasteiger partial charge in [-0.2, -0.15) is 0 Å². The summed E-state index contributed by atoms with van der Waals surface area (Å²) < 4.78 is 0. The smallest absolute Gasteiger partial charge is 0.128 e. The van der Waals surface area contributed by atoms with Crippen LogP contribution < -0.4 is 10.6 Å². The molecule has 82 valence electrons. The fourth-order valence-corrected chi connectivity index (χ4v) is 2.08. The molecule has 1 saturated heterocycles. The van der Waals surface area contributed by atoms with Crippen LogP contribution in [0.2, 0.25) is 0 Å². The van der Waals surface area contributed by atoms with Gasteiger partial charge < -0.3 is 10.6 Å². The van der Waals surface area contributed by atoms with E-state index in [0.29, 0.717) is 6.54 Å². The molecule has 0 aliphatic carbocycles. The van der Waals surface area contributed by atoms with Crippen molar-refractivity contribution < 1.29 is 0 Å². The molecule has 15 heavy (non-hydrogen) atoms. The summed E-state index contributed by atoms with van der Waals surface area (Å²) in [6, 6.07) is 2.16. The lowest BCUT2D eigenvalue weighted by molar-refractivity contribution is 0.573. The molecule has 2 rings (SSSR count). The fraction of sp³-hybridized carbons (Fsp3) is 0.583. The van der Waals surface area contributed by atoms with E-state index in [-0.39, 0.29) is 0 Å². The van der Waals surface area contributed by atoms with Crippen molar-refractivity contribution in [2.75, 3.05) is 18.0 Å². The predicted molar refractivity (Wildman–Crippen MR) is 62.9 cm³/mol. The summed E-state index contributed by atoms with van der Waals surface area (Å²) in [4.78, 5) is 6.85. The van der Waals surface area contributed by atoms with Crippen molar-refractivity contribution in [2.45, 2.75) is 32.7 Å². The lowest BCUT2D eigenvalue weighted by atomic mass is 10.1. The number of pyridine rings is 1. The normalized spacial score (nSPS) is 16.8. The van der Waals surface area contributed by atoms with Gasteiger partial charge in [-0.3, -0.25) is 0 Å². The van der Waals surface area contributed by atoms with Crippen LogP contribution in [-0.4, -0.2) is 18.1 Å². The first-order valence-corrected chi connectivity index (χ1v) is 5.72. The van der Waals surface area contributed by atoms with Gasteiger partial charge in [0.2, 0.25) is 0 Å². The second kappa shape index (κ2) is 4.62. The molecule has 1 fully saturated rings. The summed E-state index contributed by atoms with van der Waals surface area (Å²) in [5, 5.41) is 0. The van der Waals surface area contributed by atoms with Crippen LogP contribution in [0, 0.1) is 6.92 Å². The van der Waals surface area contributed by atoms with Gasteiger partial charge in [-0.25, -0.2) is 4.98 Å². The van der Waals surface area contributed by atoms with Gasteiger partial charge in [0.05, 0.1) is 0 Å². The maximum Gasteiger partial charge on any atom is 0.128 e. The Kier molecular flexibility index (Phi) is 3.21. The van der Waals surface area contributed by atoms with Crippen LogP contribution in [0.4, 0.5) is 5.82 Å². The minimum absolute atomic E-state index is 0.582. The SMILES string of the molecule is Cc1cc(N2CCCCC2)ncc1CN. The predicted octanol–water partition coefficient (Wildman–Crippen LogP) is 1.84. The standard InChI is InChI=1S/C12H19N3/c1-10-7-12(14-9-11(10)8-13)15-5-3-2-4-6-15/h7,9H,2-6,8,13H2,1H3. The summed E-state index contributed by atoms with van der Waals surface area (Å²) in [6.45, 7) is 4.99. The molecule has 0 aromatic carbocycles. The van der Waals surface area contributed by atoms with Crippen molar-refractivity contribution in [1.82, 2.24) is 4.98 Å². The largest absolute Gasteiger partial charge is 0.357 e. The van der Waals surface area contributed by atoms with Crippen LogP contribution in [0.1, 0.15) is 30.4 Å². The molecule has 0 spiro atoms. The van der Waals surface area contributed by atoms with Crippen molar-refractivity contribution in [3.63, 3.8) is 0 Å². The zero-order valence-corrected chi connectivity index (χ0v) is 9.37. The summed E-state index contributed by atoms with van der Waals surface area (Å²) in [5.41, 5.74) is 8.03. The van der Waals surface area contributed by atoms with Gasteiger partial charge in [0.1, 0.15) is 5.82 Å². The summed E-state index contributed by atoms with van der Waals surface area (Å²) in [6.07, 6.45) is 5.86. The Balaban J connectivity index is 2.17. The third-order valence-electron chi connectivity index (χ3n) is 3.10. The topological polar surface area (TPSA) is 42.2 Å². The van der Waals surface area contributed by atoms with E-state index in [1.807, 2.05) is 6.20 Å². The van der Waals surface area contributed by atoms with Crippen LogP contribution in [0.15, 0.2) is 12.3 Å². The molecule has 1 aliphatic heterocycles. The minimum atomic E-state index is 0.582. The number of aryl methyl sites for hydroxylation is 1. The van der Waals surface area contributed by atoms with E-state index < -0.39 is 0 Å². The van der Waals surface area contributed by atoms with E-state index >= 15 is 0 Å². The molecular weight excluding hydrogens is 186 g/mol. The lowest BCUT2D eigenvalue weighted by Crippen LogP contribution is -2.30. The average Bonchev–Trinajstić information content (AvgIpc) is 2.30. The van der Waals surface area contributed by atoms with Crippen LogP contribution >= 0.6 is 0 Å². The van der Waals surface area contributed by atoms with Gasteiger partial charge in [-0.1, -0.05) is 0 Å². The lowest BCUT2D eigenvalue weighted by Gasteiger charge is -2.28. The van der Waals surface area contributed by atoms with Gasteiger partial charge in [0.25, 0.3) is 0 Å². The molecule has 1 aromatic heterocycles. The third-order valence-corrected chi connectivity index (χ3v) is 3.10. The number of anilines is 1. The van der Waals surface area contributed by atoms with E-state index in [4.69, 9.17) is 5.73 Å². The van der Waals surface area contributed by atoms with E-state index in [1.54, 1.807) is 0 Å². The minimum Gasteiger partial charge on any atom is -0.357 e. The Bertz CT molecular complexity index is 330. The molecule has 3 nitrogen and oxygen atoms in total. The molecule has 2 N–H and O–H groups in total. The first kappa shape index (κ1) is 10.4. The number of nitrogens with zero attached hydrogens (tertiary/aromatic N) is 2. The Morgan fingerprint density at radius 2 is 2.07 bits per heavy atom. The number of piperidine rings is 1. The Hall–Kier alpha value is -1.09. The zero-order chi connectivity index (χ0) is 10.7. The highest BCUT2D eigenvalue weighted by atomic mass is 15.2. The van der Waals surface area contributed by atoms with Crippen LogP contribution in [0.3, 0.4) is 0 Å². The van der Waals surface area contributed by atoms with Gasteiger partial charge in [0, 0.05) is 25.8 Å². The molecule has 2 heterocycles. The van der Waals surface area contributed by atoms with E-state index in [0.717, 1.165) is 24.5 Å². The number of nitrogens with two attached hydrogens (primary N) is 1. The van der Waals surface area contributed by atoms with E-state index in [1.165, 1.54) is 24.8 Å². The first-order chi connectivity index (χ1) is 7.31. The van der Waals surface area contributed by atoms with Gasteiger partial charge in [0.15, 0.2) is 0 Å². The Labute approximate surface area is 91.3 Å². The van der Waals surface area contributed by atoms with Crippen LogP contribution in [-0.2, 0) is 6.54 Å². The molecule has 0 unspecified atom stereocenters. The highest BCUT2D eigenvalue weighted by Crippen LogP contribution is 2.19. The number of rotatable bonds is 2. The van der Waals surface area contributed by atoms with Crippen LogP contribution in [0.25, 0.3) is 0 Å². The molecule has 0 amide bonds. The molecule has 0 radical (unpaired) electrons. The van der Waals surface area contributed by atoms with Gasteiger partial charge in [-0.05, 0) is 43.4 Å². The molecule has 0 atom stereocenters. The van der Waals surface area contributed by atoms with E-state index in [9.17, 15) is 0 Å². The molecule has 1 aliphatic rings. The first-order valence-electron chi connectivity index (χ1n) is 5.72. The van der Waals surface area contributed by atoms with Crippen molar-refractivity contribution in [3.8, 4) is 0 Å². The van der Waals surface area contributed by atoms with Gasteiger partial charge >= 0.3 is 0 Å². The molecular formula is C12H19N3. The quantitative estimate of drug-likeness (QED) is 0.801. The van der Waals surface area contributed by atoms with Crippen LogP contribution in [0.5, 0.6) is 0 Å². The van der Waals surface area contributed by atoms with Crippen molar-refractivity contribution in [2.24, 2.45) is 5.73 Å². The highest BCUT2D eigenvalue weighted by Gasteiger charge is 2.12. The molecule has 1 aromatic rings. The maximum atomic E-state index is 5.63. The Morgan fingerprint density at radius 1 is 1.33 bits per heavy atom. The molecule has 0 saturated carbocycles.